The first-order chi connectivity index (χ1) is 6.61. The number of carbonyl (C=O) groups is 1. The zero-order valence-corrected chi connectivity index (χ0v) is 8.22. The molecule has 0 heterocycles. The Labute approximate surface area is 82.9 Å². The molecular weight excluding hydrogens is 179 g/mol. The third-order valence-electron chi connectivity index (χ3n) is 2.83. The molecule has 2 heteroatoms. The molecule has 1 nitrogen and oxygen atoms in total. The van der Waals surface area contributed by atoms with Crippen molar-refractivity contribution in [2.45, 2.75) is 31.9 Å². The second-order valence-electron chi connectivity index (χ2n) is 4.04. The molecule has 2 rings (SSSR count). The van der Waals surface area contributed by atoms with Crippen molar-refractivity contribution in [1.82, 2.24) is 0 Å². The molecule has 1 aliphatic rings. The topological polar surface area (TPSA) is 17.1 Å². The van der Waals surface area contributed by atoms with Gasteiger partial charge in [0, 0.05) is 5.56 Å². The quantitative estimate of drug-likeness (QED) is 0.577. The van der Waals surface area contributed by atoms with Gasteiger partial charge in [0.1, 0.15) is 0 Å². The second-order valence-corrected chi connectivity index (χ2v) is 4.04. The molecule has 1 aromatic rings. The lowest BCUT2D eigenvalue weighted by Crippen LogP contribution is -2.29. The Morgan fingerprint density at radius 2 is 2.07 bits per heavy atom. The molecule has 0 radical (unpaired) electrons. The summed E-state index contributed by atoms with van der Waals surface area (Å²) in [6.07, 6.45) is 1.89. The third kappa shape index (κ3) is 1.45. The van der Waals surface area contributed by atoms with Crippen LogP contribution in [0.5, 0.6) is 0 Å². The van der Waals surface area contributed by atoms with E-state index >= 15 is 0 Å². The number of aryl methyl sites for hydroxylation is 1. The number of carbonyl (C=O) groups excluding carboxylic acids is 1. The Bertz CT molecular complexity index is 368. The van der Waals surface area contributed by atoms with E-state index in [9.17, 15) is 9.18 Å². The first kappa shape index (κ1) is 9.38. The number of alkyl halides is 1. The number of hydrogen-bond donors (Lipinski definition) is 0. The third-order valence-corrected chi connectivity index (χ3v) is 2.83. The van der Waals surface area contributed by atoms with Crippen molar-refractivity contribution >= 4 is 5.78 Å². The van der Waals surface area contributed by atoms with Gasteiger partial charge in [-0.3, -0.25) is 4.79 Å². The molecule has 74 valence electrons. The molecule has 0 amide bonds. The van der Waals surface area contributed by atoms with Gasteiger partial charge in [-0.05, 0) is 31.7 Å². The standard InChI is InChI=1S/C12H13FO/c1-12(13)8-4-6-9-5-2-3-7-10(9)11(12)14/h2-3,5,7H,4,6,8H2,1H3. The van der Waals surface area contributed by atoms with Crippen molar-refractivity contribution in [3.05, 3.63) is 35.4 Å². The van der Waals surface area contributed by atoms with E-state index in [-0.39, 0.29) is 5.78 Å². The molecule has 0 bridgehead atoms. The van der Waals surface area contributed by atoms with Gasteiger partial charge in [0.25, 0.3) is 0 Å². The van der Waals surface area contributed by atoms with Crippen molar-refractivity contribution in [3.63, 3.8) is 0 Å². The van der Waals surface area contributed by atoms with Crippen LogP contribution >= 0.6 is 0 Å². The van der Waals surface area contributed by atoms with E-state index in [1.807, 2.05) is 12.1 Å². The average molecular weight is 192 g/mol. The maximum absolute atomic E-state index is 13.9. The number of benzene rings is 1. The fraction of sp³-hybridized carbons (Fsp3) is 0.417. The van der Waals surface area contributed by atoms with Gasteiger partial charge in [0.05, 0.1) is 0 Å². The van der Waals surface area contributed by atoms with Gasteiger partial charge in [-0.15, -0.1) is 0 Å². The van der Waals surface area contributed by atoms with Gasteiger partial charge in [0.15, 0.2) is 11.5 Å². The van der Waals surface area contributed by atoms with Crippen molar-refractivity contribution in [1.29, 1.82) is 0 Å². The lowest BCUT2D eigenvalue weighted by atomic mass is 9.94. The molecule has 0 fully saturated rings. The molecule has 0 aliphatic heterocycles. The summed E-state index contributed by atoms with van der Waals surface area (Å²) in [5.41, 5.74) is -0.124. The van der Waals surface area contributed by atoms with E-state index in [0.717, 1.165) is 18.4 Å². The minimum atomic E-state index is -1.67. The van der Waals surface area contributed by atoms with Crippen LogP contribution in [0.4, 0.5) is 4.39 Å². The number of fused-ring (bicyclic) bond motifs is 1. The van der Waals surface area contributed by atoms with Crippen LogP contribution in [-0.4, -0.2) is 11.5 Å². The fourth-order valence-electron chi connectivity index (χ4n) is 1.96. The summed E-state index contributed by atoms with van der Waals surface area (Å²) < 4.78 is 13.9. The summed E-state index contributed by atoms with van der Waals surface area (Å²) in [6, 6.07) is 7.32. The lowest BCUT2D eigenvalue weighted by Gasteiger charge is -2.15. The Balaban J connectivity index is 2.51. The van der Waals surface area contributed by atoms with Crippen molar-refractivity contribution in [2.24, 2.45) is 0 Å². The molecule has 14 heavy (non-hydrogen) atoms. The van der Waals surface area contributed by atoms with Crippen molar-refractivity contribution in [2.75, 3.05) is 0 Å². The molecular formula is C12H13FO. The molecule has 0 spiro atoms. The Morgan fingerprint density at radius 1 is 1.36 bits per heavy atom. The van der Waals surface area contributed by atoms with Gasteiger partial charge in [0.2, 0.25) is 0 Å². The second kappa shape index (κ2) is 3.19. The minimum absolute atomic E-state index is 0.334. The Hall–Kier alpha value is -1.18. The van der Waals surface area contributed by atoms with Gasteiger partial charge in [-0.25, -0.2) is 4.39 Å². The van der Waals surface area contributed by atoms with Crippen molar-refractivity contribution < 1.29 is 9.18 Å². The zero-order valence-electron chi connectivity index (χ0n) is 8.22. The number of rotatable bonds is 0. The SMILES string of the molecule is CC1(F)CCCc2ccccc2C1=O. The summed E-state index contributed by atoms with van der Waals surface area (Å²) in [4.78, 5) is 11.8. The van der Waals surface area contributed by atoms with Gasteiger partial charge >= 0.3 is 0 Å². The molecule has 1 aromatic carbocycles. The Morgan fingerprint density at radius 3 is 2.86 bits per heavy atom. The summed E-state index contributed by atoms with van der Waals surface area (Å²) >= 11 is 0. The van der Waals surface area contributed by atoms with Crippen LogP contribution in [0.1, 0.15) is 35.7 Å². The molecule has 0 aromatic heterocycles. The molecule has 0 saturated heterocycles. The van der Waals surface area contributed by atoms with Gasteiger partial charge in [-0.1, -0.05) is 24.3 Å². The predicted molar refractivity (Wildman–Crippen MR) is 53.2 cm³/mol. The normalized spacial score (nSPS) is 26.9. The minimum Gasteiger partial charge on any atom is -0.291 e. The van der Waals surface area contributed by atoms with Gasteiger partial charge in [-0.2, -0.15) is 0 Å². The fourth-order valence-corrected chi connectivity index (χ4v) is 1.96. The van der Waals surface area contributed by atoms with Crippen LogP contribution in [0.3, 0.4) is 0 Å². The van der Waals surface area contributed by atoms with Crippen LogP contribution in [0, 0.1) is 0 Å². The molecule has 0 N–H and O–H groups in total. The van der Waals surface area contributed by atoms with E-state index in [4.69, 9.17) is 0 Å². The number of ketones is 1. The largest absolute Gasteiger partial charge is 0.291 e. The molecule has 1 unspecified atom stereocenters. The van der Waals surface area contributed by atoms with E-state index in [1.54, 1.807) is 12.1 Å². The number of hydrogen-bond acceptors (Lipinski definition) is 1. The maximum Gasteiger partial charge on any atom is 0.199 e. The van der Waals surface area contributed by atoms with Crippen LogP contribution in [0.2, 0.25) is 0 Å². The van der Waals surface area contributed by atoms with E-state index in [1.165, 1.54) is 6.92 Å². The summed E-state index contributed by atoms with van der Waals surface area (Å²) in [6.45, 7) is 1.39. The highest BCUT2D eigenvalue weighted by Gasteiger charge is 2.36. The smallest absolute Gasteiger partial charge is 0.199 e. The summed E-state index contributed by atoms with van der Waals surface area (Å²) in [7, 11) is 0. The van der Waals surface area contributed by atoms with E-state index in [0.29, 0.717) is 12.0 Å². The number of Topliss-reactive ketones (excluding diaryl/α,β-unsaturated/α-hetero) is 1. The van der Waals surface area contributed by atoms with Crippen LogP contribution in [0.25, 0.3) is 0 Å². The summed E-state index contributed by atoms with van der Waals surface area (Å²) in [5.74, 6) is -0.356. The van der Waals surface area contributed by atoms with E-state index in [2.05, 4.69) is 0 Å². The molecule has 1 atom stereocenters. The highest BCUT2D eigenvalue weighted by atomic mass is 19.1. The average Bonchev–Trinajstić information content (AvgIpc) is 2.27. The van der Waals surface area contributed by atoms with Gasteiger partial charge < -0.3 is 0 Å². The maximum atomic E-state index is 13.9. The number of halogens is 1. The highest BCUT2D eigenvalue weighted by molar-refractivity contribution is 6.03. The molecule has 1 aliphatic carbocycles. The monoisotopic (exact) mass is 192 g/mol. The lowest BCUT2D eigenvalue weighted by molar-refractivity contribution is 0.0709. The van der Waals surface area contributed by atoms with Crippen LogP contribution in [0.15, 0.2) is 24.3 Å². The summed E-state index contributed by atoms with van der Waals surface area (Å²) in [5, 5.41) is 0. The Kier molecular flexibility index (Phi) is 2.14. The first-order valence-electron chi connectivity index (χ1n) is 4.93. The zero-order chi connectivity index (χ0) is 10.2. The predicted octanol–water partition coefficient (Wildman–Crippen LogP) is 2.93. The molecule has 0 saturated carbocycles. The van der Waals surface area contributed by atoms with E-state index < -0.39 is 5.67 Å². The van der Waals surface area contributed by atoms with Crippen LogP contribution in [-0.2, 0) is 6.42 Å². The highest BCUT2D eigenvalue weighted by Crippen LogP contribution is 2.29. The van der Waals surface area contributed by atoms with Crippen molar-refractivity contribution in [3.8, 4) is 0 Å². The first-order valence-corrected chi connectivity index (χ1v) is 4.93. The van der Waals surface area contributed by atoms with Crippen LogP contribution < -0.4 is 0 Å².